The van der Waals surface area contributed by atoms with Crippen molar-refractivity contribution in [2.45, 2.75) is 13.6 Å². The van der Waals surface area contributed by atoms with E-state index in [1.807, 2.05) is 24.3 Å². The summed E-state index contributed by atoms with van der Waals surface area (Å²) in [6, 6.07) is 8.10. The minimum atomic E-state index is 0.632. The van der Waals surface area contributed by atoms with E-state index in [1.54, 1.807) is 9.36 Å². The molecule has 2 heterocycles. The zero-order chi connectivity index (χ0) is 13.9. The molecule has 1 fully saturated rings. The highest BCUT2D eigenvalue weighted by atomic mass is 32.1. The molecule has 7 heteroatoms. The molecule has 0 bridgehead atoms. The molecule has 20 heavy (non-hydrogen) atoms. The maximum absolute atomic E-state index is 5.46. The highest BCUT2D eigenvalue weighted by Gasteiger charge is 2.16. The predicted molar refractivity (Wildman–Crippen MR) is 76.4 cm³/mol. The van der Waals surface area contributed by atoms with Crippen molar-refractivity contribution in [2.24, 2.45) is 0 Å². The van der Waals surface area contributed by atoms with Gasteiger partial charge in [-0.1, -0.05) is 17.7 Å². The van der Waals surface area contributed by atoms with E-state index in [1.165, 1.54) is 10.5 Å². The molecule has 6 nitrogen and oxygen atoms in total. The molecule has 0 aliphatic carbocycles. The Morgan fingerprint density at radius 2 is 1.90 bits per heavy atom. The number of benzene rings is 1. The highest BCUT2D eigenvalue weighted by Crippen LogP contribution is 2.08. The Morgan fingerprint density at radius 1 is 1.20 bits per heavy atom. The van der Waals surface area contributed by atoms with Crippen molar-refractivity contribution in [3.05, 3.63) is 34.6 Å². The molecule has 0 unspecified atom stereocenters. The molecule has 2 aromatic rings. The lowest BCUT2D eigenvalue weighted by Crippen LogP contribution is -3.13. The Morgan fingerprint density at radius 3 is 2.60 bits per heavy atom. The first-order valence-electron chi connectivity index (χ1n) is 6.75. The molecule has 0 spiro atoms. The second-order valence-corrected chi connectivity index (χ2v) is 5.39. The van der Waals surface area contributed by atoms with Gasteiger partial charge in [-0.2, -0.15) is 9.36 Å². The van der Waals surface area contributed by atoms with Crippen LogP contribution in [0.4, 0.5) is 0 Å². The zero-order valence-corrected chi connectivity index (χ0v) is 12.3. The van der Waals surface area contributed by atoms with E-state index >= 15 is 0 Å². The molecule has 0 radical (unpaired) electrons. The summed E-state index contributed by atoms with van der Waals surface area (Å²) in [4.78, 5) is 1.42. The summed E-state index contributed by atoms with van der Waals surface area (Å²) in [5.41, 5.74) is 2.16. The van der Waals surface area contributed by atoms with E-state index in [0.29, 0.717) is 4.77 Å². The SMILES string of the molecule is Cc1ccc(-n2nnn(C[NH+]3CCOCC3)c2=S)cc1. The summed E-state index contributed by atoms with van der Waals surface area (Å²) in [6.07, 6.45) is 0. The van der Waals surface area contributed by atoms with Crippen molar-refractivity contribution >= 4 is 12.2 Å². The van der Waals surface area contributed by atoms with Gasteiger partial charge in [-0.3, -0.25) is 0 Å². The van der Waals surface area contributed by atoms with Crippen LogP contribution in [0.5, 0.6) is 0 Å². The van der Waals surface area contributed by atoms with Crippen LogP contribution in [-0.2, 0) is 11.4 Å². The van der Waals surface area contributed by atoms with E-state index in [9.17, 15) is 0 Å². The first-order valence-corrected chi connectivity index (χ1v) is 7.16. The third-order valence-corrected chi connectivity index (χ3v) is 3.87. The smallest absolute Gasteiger partial charge is 0.225 e. The number of aryl methyl sites for hydroxylation is 1. The van der Waals surface area contributed by atoms with Crippen LogP contribution in [0.2, 0.25) is 0 Å². The second-order valence-electron chi connectivity index (χ2n) is 5.03. The van der Waals surface area contributed by atoms with Crippen LogP contribution in [0.3, 0.4) is 0 Å². The monoisotopic (exact) mass is 292 g/mol. The lowest BCUT2D eigenvalue weighted by Gasteiger charge is -2.22. The molecular formula is C13H18N5OS+. The average molecular weight is 292 g/mol. The molecule has 3 rings (SSSR count). The normalized spacial score (nSPS) is 16.4. The fourth-order valence-corrected chi connectivity index (χ4v) is 2.49. The Bertz CT molecular complexity index is 627. The van der Waals surface area contributed by atoms with Gasteiger partial charge >= 0.3 is 0 Å². The molecule has 0 amide bonds. The number of rotatable bonds is 3. The van der Waals surface area contributed by atoms with Crippen LogP contribution in [-0.4, -0.2) is 46.1 Å². The fraction of sp³-hybridized carbons (Fsp3) is 0.462. The van der Waals surface area contributed by atoms with Crippen molar-refractivity contribution in [3.63, 3.8) is 0 Å². The van der Waals surface area contributed by atoms with Gasteiger partial charge in [0, 0.05) is 0 Å². The lowest BCUT2D eigenvalue weighted by molar-refractivity contribution is -0.931. The van der Waals surface area contributed by atoms with Gasteiger partial charge in [-0.05, 0) is 41.7 Å². The van der Waals surface area contributed by atoms with Gasteiger partial charge in [0.2, 0.25) is 4.77 Å². The number of aromatic nitrogens is 4. The lowest BCUT2D eigenvalue weighted by atomic mass is 10.2. The minimum Gasteiger partial charge on any atom is -0.370 e. The quantitative estimate of drug-likeness (QED) is 0.808. The molecule has 1 aromatic carbocycles. The Balaban J connectivity index is 1.81. The number of hydrogen-bond donors (Lipinski definition) is 1. The second kappa shape index (κ2) is 5.82. The van der Waals surface area contributed by atoms with Crippen LogP contribution in [0, 0.1) is 11.7 Å². The van der Waals surface area contributed by atoms with Crippen molar-refractivity contribution in [3.8, 4) is 5.69 Å². The highest BCUT2D eigenvalue weighted by molar-refractivity contribution is 7.71. The molecule has 0 atom stereocenters. The van der Waals surface area contributed by atoms with Gasteiger partial charge in [0.1, 0.15) is 13.1 Å². The first-order chi connectivity index (χ1) is 9.74. The Labute approximate surface area is 122 Å². The molecule has 1 N–H and O–H groups in total. The first kappa shape index (κ1) is 13.4. The van der Waals surface area contributed by atoms with Crippen molar-refractivity contribution in [1.82, 2.24) is 19.8 Å². The molecule has 1 aliphatic heterocycles. The van der Waals surface area contributed by atoms with Crippen LogP contribution < -0.4 is 4.90 Å². The summed E-state index contributed by atoms with van der Waals surface area (Å²) >= 11 is 5.46. The number of hydrogen-bond acceptors (Lipinski definition) is 4. The van der Waals surface area contributed by atoms with Crippen LogP contribution >= 0.6 is 12.2 Å². The van der Waals surface area contributed by atoms with E-state index in [4.69, 9.17) is 17.0 Å². The minimum absolute atomic E-state index is 0.632. The number of morpholine rings is 1. The Kier molecular flexibility index (Phi) is 3.90. The third-order valence-electron chi connectivity index (χ3n) is 3.49. The van der Waals surface area contributed by atoms with Crippen LogP contribution in [0.25, 0.3) is 5.69 Å². The third kappa shape index (κ3) is 2.79. The summed E-state index contributed by atoms with van der Waals surface area (Å²) in [7, 11) is 0. The number of ether oxygens (including phenoxy) is 1. The molecule has 1 aliphatic rings. The molecule has 1 aromatic heterocycles. The van der Waals surface area contributed by atoms with E-state index in [0.717, 1.165) is 38.7 Å². The largest absolute Gasteiger partial charge is 0.370 e. The van der Waals surface area contributed by atoms with Crippen molar-refractivity contribution in [2.75, 3.05) is 26.3 Å². The van der Waals surface area contributed by atoms with Crippen LogP contribution in [0.15, 0.2) is 24.3 Å². The summed E-state index contributed by atoms with van der Waals surface area (Å²) in [5, 5.41) is 8.33. The number of quaternary nitrogens is 1. The van der Waals surface area contributed by atoms with Gasteiger partial charge < -0.3 is 9.64 Å². The maximum Gasteiger partial charge on any atom is 0.225 e. The predicted octanol–water partition coefficient (Wildman–Crippen LogP) is -0.0207. The van der Waals surface area contributed by atoms with Crippen molar-refractivity contribution < 1.29 is 9.64 Å². The van der Waals surface area contributed by atoms with Gasteiger partial charge in [0.15, 0.2) is 6.67 Å². The fourth-order valence-electron chi connectivity index (χ4n) is 2.25. The number of nitrogens with one attached hydrogen (secondary N) is 1. The van der Waals surface area contributed by atoms with Gasteiger partial charge in [0.25, 0.3) is 0 Å². The average Bonchev–Trinajstić information content (AvgIpc) is 2.83. The van der Waals surface area contributed by atoms with Gasteiger partial charge in [-0.15, -0.1) is 0 Å². The number of tetrazole rings is 1. The maximum atomic E-state index is 5.46. The molecule has 1 saturated heterocycles. The standard InChI is InChI=1S/C13H17N5OS/c1-11-2-4-12(5-3-11)18-13(20)17(14-15-18)10-16-6-8-19-9-7-16/h2-5H,6-10H2,1H3/p+1. The van der Waals surface area contributed by atoms with Gasteiger partial charge in [-0.25, -0.2) is 0 Å². The van der Waals surface area contributed by atoms with E-state index in [2.05, 4.69) is 17.4 Å². The van der Waals surface area contributed by atoms with Crippen LogP contribution in [0.1, 0.15) is 5.56 Å². The van der Waals surface area contributed by atoms with Crippen molar-refractivity contribution in [1.29, 1.82) is 0 Å². The summed E-state index contributed by atoms with van der Waals surface area (Å²) in [5.74, 6) is 0. The zero-order valence-electron chi connectivity index (χ0n) is 11.5. The molecule has 106 valence electrons. The van der Waals surface area contributed by atoms with Gasteiger partial charge in [0.05, 0.1) is 18.9 Å². The number of nitrogens with zero attached hydrogens (tertiary/aromatic N) is 4. The molecule has 0 saturated carbocycles. The van der Waals surface area contributed by atoms with E-state index in [-0.39, 0.29) is 0 Å². The topological polar surface area (TPSA) is 49.3 Å². The molecular weight excluding hydrogens is 274 g/mol. The Hall–Kier alpha value is -1.57. The summed E-state index contributed by atoms with van der Waals surface area (Å²) in [6.45, 7) is 6.37. The van der Waals surface area contributed by atoms with E-state index < -0.39 is 0 Å². The summed E-state index contributed by atoms with van der Waals surface area (Å²) < 4.78 is 9.48.